The number of hydrogen-bond acceptors (Lipinski definition) is 2. The molecule has 0 radical (unpaired) electrons. The number of hydrogen-bond donors (Lipinski definition) is 1. The SMILES string of the molecule is CC1(C)[C@@H]2CC(=O)[C@@H](CO)[C@H]1C2. The van der Waals surface area contributed by atoms with Crippen molar-refractivity contribution in [3.05, 3.63) is 0 Å². The van der Waals surface area contributed by atoms with E-state index in [0.29, 0.717) is 23.7 Å². The number of carbonyl (C=O) groups is 1. The average Bonchev–Trinajstić information content (AvgIpc) is 2.03. The van der Waals surface area contributed by atoms with Crippen molar-refractivity contribution in [2.45, 2.75) is 26.7 Å². The van der Waals surface area contributed by atoms with E-state index in [-0.39, 0.29) is 18.3 Å². The first kappa shape index (κ1) is 8.24. The lowest BCUT2D eigenvalue weighted by Gasteiger charge is -2.58. The molecule has 3 atom stereocenters. The number of ketones is 1. The molecule has 0 aromatic carbocycles. The number of aliphatic hydroxyl groups is 1. The molecular formula is C10H16O2. The molecule has 3 saturated carbocycles. The molecule has 0 saturated heterocycles. The van der Waals surface area contributed by atoms with E-state index in [9.17, 15) is 4.79 Å². The molecule has 2 heteroatoms. The molecule has 0 aliphatic heterocycles. The number of carbonyl (C=O) groups excluding carboxylic acids is 1. The summed E-state index contributed by atoms with van der Waals surface area (Å²) in [5.41, 5.74) is 0.307. The third kappa shape index (κ3) is 0.817. The maximum absolute atomic E-state index is 11.4. The fourth-order valence-electron chi connectivity index (χ4n) is 2.93. The lowest BCUT2D eigenvalue weighted by Crippen LogP contribution is -2.56. The van der Waals surface area contributed by atoms with E-state index >= 15 is 0 Å². The Labute approximate surface area is 73.0 Å². The van der Waals surface area contributed by atoms with Crippen LogP contribution in [0.2, 0.25) is 0 Å². The molecular weight excluding hydrogens is 152 g/mol. The molecule has 3 rings (SSSR count). The Hall–Kier alpha value is -0.370. The number of rotatable bonds is 1. The van der Waals surface area contributed by atoms with Crippen molar-refractivity contribution in [1.29, 1.82) is 0 Å². The normalized spacial score (nSPS) is 43.9. The van der Waals surface area contributed by atoms with Gasteiger partial charge in [0.25, 0.3) is 0 Å². The zero-order chi connectivity index (χ0) is 8.93. The van der Waals surface area contributed by atoms with Crippen LogP contribution in [0, 0.1) is 23.2 Å². The molecule has 68 valence electrons. The standard InChI is InChI=1S/C10H16O2/c1-10(2)6-3-8(10)7(5-11)9(12)4-6/h6-8,11H,3-5H2,1-2H3/t6-,7-,8+/m0/s1. The molecule has 0 amide bonds. The van der Waals surface area contributed by atoms with Gasteiger partial charge in [-0.05, 0) is 23.7 Å². The van der Waals surface area contributed by atoms with Crippen LogP contribution in [-0.4, -0.2) is 17.5 Å². The summed E-state index contributed by atoms with van der Waals surface area (Å²) >= 11 is 0. The van der Waals surface area contributed by atoms with Gasteiger partial charge in [0, 0.05) is 12.3 Å². The van der Waals surface area contributed by atoms with Gasteiger partial charge in [0.2, 0.25) is 0 Å². The van der Waals surface area contributed by atoms with Gasteiger partial charge in [-0.1, -0.05) is 13.8 Å². The zero-order valence-corrected chi connectivity index (χ0v) is 7.71. The highest BCUT2D eigenvalue weighted by Crippen LogP contribution is 2.59. The van der Waals surface area contributed by atoms with E-state index in [1.165, 1.54) is 0 Å². The maximum Gasteiger partial charge on any atom is 0.138 e. The van der Waals surface area contributed by atoms with E-state index in [4.69, 9.17) is 5.11 Å². The third-order valence-corrected chi connectivity index (χ3v) is 4.09. The highest BCUT2D eigenvalue weighted by Gasteiger charge is 2.57. The van der Waals surface area contributed by atoms with Crippen LogP contribution in [0.4, 0.5) is 0 Å². The van der Waals surface area contributed by atoms with Crippen LogP contribution >= 0.6 is 0 Å². The maximum atomic E-state index is 11.4. The summed E-state index contributed by atoms with van der Waals surface area (Å²) in [4.78, 5) is 11.4. The largest absolute Gasteiger partial charge is 0.396 e. The van der Waals surface area contributed by atoms with Crippen LogP contribution in [0.15, 0.2) is 0 Å². The second kappa shape index (κ2) is 2.32. The monoisotopic (exact) mass is 168 g/mol. The number of Topliss-reactive ketones (excluding diaryl/α,β-unsaturated/α-hetero) is 1. The van der Waals surface area contributed by atoms with Gasteiger partial charge in [0.1, 0.15) is 5.78 Å². The predicted octanol–water partition coefficient (Wildman–Crippen LogP) is 1.23. The topological polar surface area (TPSA) is 37.3 Å². The van der Waals surface area contributed by atoms with E-state index in [2.05, 4.69) is 13.8 Å². The Bertz CT molecular complexity index is 220. The summed E-state index contributed by atoms with van der Waals surface area (Å²) in [5, 5.41) is 9.07. The summed E-state index contributed by atoms with van der Waals surface area (Å²) in [6.07, 6.45) is 1.86. The molecule has 2 bridgehead atoms. The van der Waals surface area contributed by atoms with Gasteiger partial charge in [-0.25, -0.2) is 0 Å². The van der Waals surface area contributed by atoms with Crippen LogP contribution in [0.5, 0.6) is 0 Å². The van der Waals surface area contributed by atoms with Crippen LogP contribution in [0.1, 0.15) is 26.7 Å². The highest BCUT2D eigenvalue weighted by molar-refractivity contribution is 5.83. The van der Waals surface area contributed by atoms with E-state index in [1.54, 1.807) is 0 Å². The second-order valence-corrected chi connectivity index (χ2v) is 4.82. The minimum absolute atomic E-state index is 0.0509. The summed E-state index contributed by atoms with van der Waals surface area (Å²) in [6, 6.07) is 0. The van der Waals surface area contributed by atoms with Gasteiger partial charge in [-0.3, -0.25) is 4.79 Å². The number of fused-ring (bicyclic) bond motifs is 2. The van der Waals surface area contributed by atoms with Crippen molar-refractivity contribution in [3.8, 4) is 0 Å². The van der Waals surface area contributed by atoms with Gasteiger partial charge in [0.15, 0.2) is 0 Å². The highest BCUT2D eigenvalue weighted by atomic mass is 16.3. The fourth-order valence-corrected chi connectivity index (χ4v) is 2.93. The van der Waals surface area contributed by atoms with Crippen LogP contribution in [0.25, 0.3) is 0 Å². The minimum atomic E-state index is -0.0509. The Morgan fingerprint density at radius 1 is 1.58 bits per heavy atom. The Balaban J connectivity index is 2.20. The quantitative estimate of drug-likeness (QED) is 0.639. The van der Waals surface area contributed by atoms with Gasteiger partial charge >= 0.3 is 0 Å². The Morgan fingerprint density at radius 3 is 2.67 bits per heavy atom. The number of aliphatic hydroxyl groups excluding tert-OH is 1. The smallest absolute Gasteiger partial charge is 0.138 e. The van der Waals surface area contributed by atoms with Crippen molar-refractivity contribution in [2.75, 3.05) is 6.61 Å². The summed E-state index contributed by atoms with van der Waals surface area (Å²) in [6.45, 7) is 4.50. The molecule has 3 aliphatic rings. The molecule has 0 heterocycles. The van der Waals surface area contributed by atoms with Crippen LogP contribution in [0.3, 0.4) is 0 Å². The molecule has 0 aromatic heterocycles. The van der Waals surface area contributed by atoms with Crippen molar-refractivity contribution in [3.63, 3.8) is 0 Å². The molecule has 2 nitrogen and oxygen atoms in total. The van der Waals surface area contributed by atoms with Crippen molar-refractivity contribution < 1.29 is 9.90 Å². The van der Waals surface area contributed by atoms with Crippen molar-refractivity contribution in [2.24, 2.45) is 23.2 Å². The molecule has 1 N–H and O–H groups in total. The minimum Gasteiger partial charge on any atom is -0.396 e. The lowest BCUT2D eigenvalue weighted by atomic mass is 9.45. The van der Waals surface area contributed by atoms with Crippen molar-refractivity contribution >= 4 is 5.78 Å². The summed E-state index contributed by atoms with van der Waals surface area (Å²) < 4.78 is 0. The van der Waals surface area contributed by atoms with Gasteiger partial charge in [0.05, 0.1) is 6.61 Å². The first-order chi connectivity index (χ1) is 5.57. The van der Waals surface area contributed by atoms with Gasteiger partial charge in [-0.2, -0.15) is 0 Å². The third-order valence-electron chi connectivity index (χ3n) is 4.09. The summed E-state index contributed by atoms with van der Waals surface area (Å²) in [7, 11) is 0. The average molecular weight is 168 g/mol. The molecule has 0 aromatic rings. The molecule has 0 spiro atoms. The van der Waals surface area contributed by atoms with Gasteiger partial charge < -0.3 is 5.11 Å². The first-order valence-electron chi connectivity index (χ1n) is 4.71. The fraction of sp³-hybridized carbons (Fsp3) is 0.900. The molecule has 0 unspecified atom stereocenters. The first-order valence-corrected chi connectivity index (χ1v) is 4.71. The Morgan fingerprint density at radius 2 is 2.25 bits per heavy atom. The predicted molar refractivity (Wildman–Crippen MR) is 45.6 cm³/mol. The van der Waals surface area contributed by atoms with Crippen LogP contribution in [-0.2, 0) is 4.79 Å². The molecule has 3 fully saturated rings. The molecule has 12 heavy (non-hydrogen) atoms. The van der Waals surface area contributed by atoms with E-state index in [1.807, 2.05) is 0 Å². The second-order valence-electron chi connectivity index (χ2n) is 4.82. The van der Waals surface area contributed by atoms with E-state index in [0.717, 1.165) is 6.42 Å². The van der Waals surface area contributed by atoms with Crippen LogP contribution < -0.4 is 0 Å². The van der Waals surface area contributed by atoms with E-state index < -0.39 is 0 Å². The lowest BCUT2D eigenvalue weighted by molar-refractivity contribution is -0.158. The van der Waals surface area contributed by atoms with Gasteiger partial charge in [-0.15, -0.1) is 0 Å². The Kier molecular flexibility index (Phi) is 1.59. The molecule has 3 aliphatic carbocycles. The summed E-state index contributed by atoms with van der Waals surface area (Å²) in [5.74, 6) is 1.29. The zero-order valence-electron chi connectivity index (χ0n) is 7.71. The van der Waals surface area contributed by atoms with Crippen molar-refractivity contribution in [1.82, 2.24) is 0 Å².